The molecular formula is C14H18BrN3S. The van der Waals surface area contributed by atoms with Crippen LogP contribution in [0.2, 0.25) is 0 Å². The third-order valence-electron chi connectivity index (χ3n) is 3.76. The van der Waals surface area contributed by atoms with Crippen LogP contribution in [0.5, 0.6) is 0 Å². The molecule has 3 nitrogen and oxygen atoms in total. The summed E-state index contributed by atoms with van der Waals surface area (Å²) in [6.07, 6.45) is 9.26. The normalized spacial score (nSPS) is 16.9. The van der Waals surface area contributed by atoms with E-state index in [-0.39, 0.29) is 0 Å². The minimum absolute atomic E-state index is 0.573. The molecule has 1 fully saturated rings. The second-order valence-corrected chi connectivity index (χ2v) is 6.95. The molecule has 0 aliphatic heterocycles. The molecule has 0 amide bonds. The van der Waals surface area contributed by atoms with Crippen molar-refractivity contribution >= 4 is 43.3 Å². The van der Waals surface area contributed by atoms with Gasteiger partial charge in [0.1, 0.15) is 17.0 Å². The number of aryl methyl sites for hydroxylation is 1. The average molecular weight is 340 g/mol. The average Bonchev–Trinajstić information content (AvgIpc) is 2.78. The van der Waals surface area contributed by atoms with Gasteiger partial charge in [0.2, 0.25) is 0 Å². The number of fused-ring (bicyclic) bond motifs is 1. The van der Waals surface area contributed by atoms with Crippen LogP contribution in [0, 0.1) is 0 Å². The van der Waals surface area contributed by atoms with E-state index in [9.17, 15) is 0 Å². The van der Waals surface area contributed by atoms with E-state index >= 15 is 0 Å². The third kappa shape index (κ3) is 2.63. The highest BCUT2D eigenvalue weighted by Crippen LogP contribution is 2.38. The highest BCUT2D eigenvalue weighted by molar-refractivity contribution is 9.10. The minimum Gasteiger partial charge on any atom is -0.367 e. The molecule has 1 N–H and O–H groups in total. The quantitative estimate of drug-likeness (QED) is 0.875. The number of rotatable bonds is 3. The largest absolute Gasteiger partial charge is 0.367 e. The number of hydrogen-bond acceptors (Lipinski definition) is 4. The van der Waals surface area contributed by atoms with Crippen LogP contribution < -0.4 is 5.32 Å². The second-order valence-electron chi connectivity index (χ2n) is 5.07. The van der Waals surface area contributed by atoms with E-state index in [0.29, 0.717) is 6.04 Å². The zero-order valence-corrected chi connectivity index (χ0v) is 13.5. The SMILES string of the molecule is CCc1sc2ncnc(NC3CCCCC3)c2c1Br. The first-order chi connectivity index (χ1) is 9.29. The van der Waals surface area contributed by atoms with Crippen LogP contribution in [0.25, 0.3) is 10.2 Å². The van der Waals surface area contributed by atoms with Crippen molar-refractivity contribution in [2.45, 2.75) is 51.5 Å². The van der Waals surface area contributed by atoms with Crippen LogP contribution in [0.15, 0.2) is 10.8 Å². The van der Waals surface area contributed by atoms with E-state index in [1.807, 2.05) is 0 Å². The van der Waals surface area contributed by atoms with Gasteiger partial charge in [-0.2, -0.15) is 0 Å². The molecule has 2 aromatic heterocycles. The van der Waals surface area contributed by atoms with Crippen LogP contribution in [-0.4, -0.2) is 16.0 Å². The summed E-state index contributed by atoms with van der Waals surface area (Å²) in [5, 5.41) is 4.79. The number of thiophene rings is 1. The van der Waals surface area contributed by atoms with Crippen LogP contribution in [0.1, 0.15) is 43.9 Å². The van der Waals surface area contributed by atoms with Gasteiger partial charge >= 0.3 is 0 Å². The maximum Gasteiger partial charge on any atom is 0.139 e. The van der Waals surface area contributed by atoms with E-state index in [1.54, 1.807) is 17.7 Å². The first-order valence-corrected chi connectivity index (χ1v) is 8.59. The van der Waals surface area contributed by atoms with Gasteiger partial charge in [0.15, 0.2) is 0 Å². The van der Waals surface area contributed by atoms with Gasteiger partial charge < -0.3 is 5.32 Å². The monoisotopic (exact) mass is 339 g/mol. The highest BCUT2D eigenvalue weighted by Gasteiger charge is 2.18. The molecular weight excluding hydrogens is 322 g/mol. The summed E-state index contributed by atoms with van der Waals surface area (Å²) in [6.45, 7) is 2.18. The molecule has 0 aromatic carbocycles. The molecule has 102 valence electrons. The van der Waals surface area contributed by atoms with Gasteiger partial charge in [0.25, 0.3) is 0 Å². The van der Waals surface area contributed by atoms with Crippen molar-refractivity contribution in [2.24, 2.45) is 0 Å². The predicted octanol–water partition coefficient (Wildman–Crippen LogP) is 4.76. The zero-order valence-electron chi connectivity index (χ0n) is 11.1. The number of anilines is 1. The smallest absolute Gasteiger partial charge is 0.139 e. The van der Waals surface area contributed by atoms with Crippen molar-refractivity contribution < 1.29 is 0 Å². The fourth-order valence-electron chi connectivity index (χ4n) is 2.72. The molecule has 0 bridgehead atoms. The lowest BCUT2D eigenvalue weighted by Crippen LogP contribution is -2.22. The Morgan fingerprint density at radius 3 is 2.84 bits per heavy atom. The lowest BCUT2D eigenvalue weighted by atomic mass is 9.95. The molecule has 0 spiro atoms. The van der Waals surface area contributed by atoms with Crippen molar-refractivity contribution in [2.75, 3.05) is 5.32 Å². The molecule has 1 aliphatic carbocycles. The molecule has 2 aromatic rings. The Labute approximate surface area is 126 Å². The van der Waals surface area contributed by atoms with Gasteiger partial charge in [-0.3, -0.25) is 0 Å². The van der Waals surface area contributed by atoms with Gasteiger partial charge in [-0.05, 0) is 35.2 Å². The fraction of sp³-hybridized carbons (Fsp3) is 0.571. The molecule has 0 saturated heterocycles. The Bertz CT molecular complexity index is 575. The molecule has 1 saturated carbocycles. The van der Waals surface area contributed by atoms with Crippen LogP contribution >= 0.6 is 27.3 Å². The van der Waals surface area contributed by atoms with Gasteiger partial charge in [-0.15, -0.1) is 11.3 Å². The lowest BCUT2D eigenvalue weighted by Gasteiger charge is -2.23. The van der Waals surface area contributed by atoms with Crippen molar-refractivity contribution in [1.82, 2.24) is 9.97 Å². The van der Waals surface area contributed by atoms with Crippen molar-refractivity contribution in [3.8, 4) is 0 Å². The Morgan fingerprint density at radius 1 is 1.32 bits per heavy atom. The van der Waals surface area contributed by atoms with Gasteiger partial charge in [-0.1, -0.05) is 26.2 Å². The van der Waals surface area contributed by atoms with Crippen molar-refractivity contribution in [3.05, 3.63) is 15.7 Å². The Morgan fingerprint density at radius 2 is 2.11 bits per heavy atom. The Hall–Kier alpha value is -0.680. The Kier molecular flexibility index (Phi) is 4.03. The number of nitrogens with zero attached hydrogens (tertiary/aromatic N) is 2. The van der Waals surface area contributed by atoms with E-state index in [4.69, 9.17) is 0 Å². The van der Waals surface area contributed by atoms with Gasteiger partial charge in [0.05, 0.1) is 5.39 Å². The minimum atomic E-state index is 0.573. The highest BCUT2D eigenvalue weighted by atomic mass is 79.9. The maximum atomic E-state index is 4.46. The fourth-order valence-corrected chi connectivity index (χ4v) is 4.72. The molecule has 0 atom stereocenters. The number of nitrogens with one attached hydrogen (secondary N) is 1. The number of halogens is 1. The van der Waals surface area contributed by atoms with E-state index in [2.05, 4.69) is 38.1 Å². The Balaban J connectivity index is 1.95. The summed E-state index contributed by atoms with van der Waals surface area (Å²) in [4.78, 5) is 11.3. The standard InChI is InChI=1S/C14H18BrN3S/c1-2-10-12(15)11-13(16-8-17-14(11)19-10)18-9-6-4-3-5-7-9/h8-9H,2-7H2,1H3,(H,16,17,18). The molecule has 0 unspecified atom stereocenters. The summed E-state index contributed by atoms with van der Waals surface area (Å²) in [6, 6.07) is 0.573. The molecule has 3 rings (SSSR count). The molecule has 5 heteroatoms. The zero-order chi connectivity index (χ0) is 13.2. The van der Waals surface area contributed by atoms with E-state index < -0.39 is 0 Å². The van der Waals surface area contributed by atoms with E-state index in [0.717, 1.165) is 22.5 Å². The summed E-state index contributed by atoms with van der Waals surface area (Å²) in [5.41, 5.74) is 0. The number of aromatic nitrogens is 2. The van der Waals surface area contributed by atoms with Crippen LogP contribution in [0.4, 0.5) is 5.82 Å². The summed E-state index contributed by atoms with van der Waals surface area (Å²) in [5.74, 6) is 1.000. The molecule has 1 aliphatic rings. The predicted molar refractivity (Wildman–Crippen MR) is 85.0 cm³/mol. The molecule has 0 radical (unpaired) electrons. The van der Waals surface area contributed by atoms with Gasteiger partial charge in [-0.25, -0.2) is 9.97 Å². The molecule has 2 heterocycles. The maximum absolute atomic E-state index is 4.46. The summed E-state index contributed by atoms with van der Waals surface area (Å²) >= 11 is 5.48. The van der Waals surface area contributed by atoms with E-state index in [1.165, 1.54) is 41.5 Å². The second kappa shape index (κ2) is 5.75. The molecule has 19 heavy (non-hydrogen) atoms. The van der Waals surface area contributed by atoms with Crippen LogP contribution in [-0.2, 0) is 6.42 Å². The topological polar surface area (TPSA) is 37.8 Å². The summed E-state index contributed by atoms with van der Waals surface area (Å²) < 4.78 is 1.17. The third-order valence-corrected chi connectivity index (χ3v) is 6.14. The van der Waals surface area contributed by atoms with Crippen LogP contribution in [0.3, 0.4) is 0 Å². The number of hydrogen-bond donors (Lipinski definition) is 1. The first-order valence-electron chi connectivity index (χ1n) is 6.98. The lowest BCUT2D eigenvalue weighted by molar-refractivity contribution is 0.462. The van der Waals surface area contributed by atoms with Crippen molar-refractivity contribution in [3.63, 3.8) is 0 Å². The first kappa shape index (κ1) is 13.3. The van der Waals surface area contributed by atoms with Crippen molar-refractivity contribution in [1.29, 1.82) is 0 Å². The van der Waals surface area contributed by atoms with Gasteiger partial charge in [0, 0.05) is 15.4 Å². The summed E-state index contributed by atoms with van der Waals surface area (Å²) in [7, 11) is 0.